The van der Waals surface area contributed by atoms with E-state index in [4.69, 9.17) is 5.10 Å². The first-order valence-electron chi connectivity index (χ1n) is 7.39. The summed E-state index contributed by atoms with van der Waals surface area (Å²) < 4.78 is 3.09. The SMILES string of the molecule is CC(C)Cc1nn2c(C3CCCNC3)ccnc2c1Br. The largest absolute Gasteiger partial charge is 0.316 e. The third-order valence-corrected chi connectivity index (χ3v) is 4.69. The maximum absolute atomic E-state index is 4.81. The van der Waals surface area contributed by atoms with Crippen molar-refractivity contribution < 1.29 is 0 Å². The molecule has 0 aliphatic carbocycles. The smallest absolute Gasteiger partial charge is 0.169 e. The van der Waals surface area contributed by atoms with Crippen LogP contribution in [0.2, 0.25) is 0 Å². The Balaban J connectivity index is 2.04. The average molecular weight is 337 g/mol. The van der Waals surface area contributed by atoms with Crippen LogP contribution in [0.1, 0.15) is 44.0 Å². The molecule has 5 heteroatoms. The highest BCUT2D eigenvalue weighted by atomic mass is 79.9. The van der Waals surface area contributed by atoms with Gasteiger partial charge in [-0.15, -0.1) is 0 Å². The van der Waals surface area contributed by atoms with E-state index in [0.717, 1.165) is 35.3 Å². The third-order valence-electron chi connectivity index (χ3n) is 3.87. The molecule has 0 saturated carbocycles. The van der Waals surface area contributed by atoms with Gasteiger partial charge in [-0.25, -0.2) is 9.50 Å². The van der Waals surface area contributed by atoms with Crippen molar-refractivity contribution in [2.24, 2.45) is 5.92 Å². The van der Waals surface area contributed by atoms with Crippen molar-refractivity contribution in [3.8, 4) is 0 Å². The highest BCUT2D eigenvalue weighted by Gasteiger charge is 2.21. The maximum atomic E-state index is 4.81. The van der Waals surface area contributed by atoms with Gasteiger partial charge in [0.2, 0.25) is 0 Å². The first-order valence-corrected chi connectivity index (χ1v) is 8.19. The van der Waals surface area contributed by atoms with Gasteiger partial charge < -0.3 is 5.32 Å². The molecule has 0 amide bonds. The molecular formula is C15H21BrN4. The minimum Gasteiger partial charge on any atom is -0.316 e. The molecular weight excluding hydrogens is 316 g/mol. The van der Waals surface area contributed by atoms with Crippen LogP contribution in [0, 0.1) is 5.92 Å². The zero-order chi connectivity index (χ0) is 14.1. The van der Waals surface area contributed by atoms with Crippen molar-refractivity contribution in [1.82, 2.24) is 19.9 Å². The van der Waals surface area contributed by atoms with E-state index in [-0.39, 0.29) is 0 Å². The maximum Gasteiger partial charge on any atom is 0.169 e. The van der Waals surface area contributed by atoms with E-state index in [9.17, 15) is 0 Å². The Morgan fingerprint density at radius 1 is 1.50 bits per heavy atom. The fourth-order valence-electron chi connectivity index (χ4n) is 2.91. The van der Waals surface area contributed by atoms with E-state index in [1.54, 1.807) is 0 Å². The lowest BCUT2D eigenvalue weighted by Gasteiger charge is -2.23. The monoisotopic (exact) mass is 336 g/mol. The van der Waals surface area contributed by atoms with E-state index < -0.39 is 0 Å². The molecule has 1 N–H and O–H groups in total. The lowest BCUT2D eigenvalue weighted by atomic mass is 9.96. The van der Waals surface area contributed by atoms with Gasteiger partial charge in [-0.3, -0.25) is 0 Å². The minimum atomic E-state index is 0.535. The summed E-state index contributed by atoms with van der Waals surface area (Å²) in [7, 11) is 0. The summed E-state index contributed by atoms with van der Waals surface area (Å²) in [6, 6.07) is 2.11. The van der Waals surface area contributed by atoms with Crippen molar-refractivity contribution in [3.05, 3.63) is 28.1 Å². The molecule has 0 radical (unpaired) electrons. The Bertz CT molecular complexity index is 599. The molecule has 0 spiro atoms. The minimum absolute atomic E-state index is 0.535. The molecule has 1 atom stereocenters. The quantitative estimate of drug-likeness (QED) is 0.936. The van der Waals surface area contributed by atoms with E-state index in [2.05, 4.69) is 46.1 Å². The molecule has 2 aromatic heterocycles. The topological polar surface area (TPSA) is 42.2 Å². The summed E-state index contributed by atoms with van der Waals surface area (Å²) in [6.07, 6.45) is 5.34. The van der Waals surface area contributed by atoms with Crippen LogP contribution >= 0.6 is 15.9 Å². The zero-order valence-electron chi connectivity index (χ0n) is 12.1. The van der Waals surface area contributed by atoms with Crippen LogP contribution in [0.4, 0.5) is 0 Å². The number of rotatable bonds is 3. The number of fused-ring (bicyclic) bond motifs is 1. The van der Waals surface area contributed by atoms with Crippen molar-refractivity contribution in [1.29, 1.82) is 0 Å². The number of piperidine rings is 1. The Hall–Kier alpha value is -0.940. The molecule has 3 heterocycles. The number of nitrogens with one attached hydrogen (secondary N) is 1. The molecule has 4 nitrogen and oxygen atoms in total. The average Bonchev–Trinajstić information content (AvgIpc) is 2.76. The van der Waals surface area contributed by atoms with Crippen LogP contribution in [-0.2, 0) is 6.42 Å². The van der Waals surface area contributed by atoms with E-state index >= 15 is 0 Å². The molecule has 1 unspecified atom stereocenters. The summed E-state index contributed by atoms with van der Waals surface area (Å²) in [5, 5.41) is 8.29. The summed E-state index contributed by atoms with van der Waals surface area (Å²) in [4.78, 5) is 4.50. The van der Waals surface area contributed by atoms with Crippen molar-refractivity contribution >= 4 is 21.6 Å². The standard InChI is InChI=1S/C15H21BrN4/c1-10(2)8-12-14(16)15-18-7-5-13(20(15)19-12)11-4-3-6-17-9-11/h5,7,10-11,17H,3-4,6,8-9H2,1-2H3. The van der Waals surface area contributed by atoms with E-state index in [0.29, 0.717) is 11.8 Å². The van der Waals surface area contributed by atoms with E-state index in [1.165, 1.54) is 18.5 Å². The second-order valence-corrected chi connectivity index (χ2v) is 6.80. The second-order valence-electron chi connectivity index (χ2n) is 6.01. The molecule has 1 saturated heterocycles. The Morgan fingerprint density at radius 3 is 3.05 bits per heavy atom. The lowest BCUT2D eigenvalue weighted by molar-refractivity contribution is 0.447. The molecule has 1 aliphatic heterocycles. The predicted molar refractivity (Wildman–Crippen MR) is 84.1 cm³/mol. The highest BCUT2D eigenvalue weighted by Crippen LogP contribution is 2.28. The van der Waals surface area contributed by atoms with E-state index in [1.807, 2.05) is 10.7 Å². The molecule has 1 fully saturated rings. The van der Waals surface area contributed by atoms with Gasteiger partial charge in [0.15, 0.2) is 5.65 Å². The molecule has 0 bridgehead atoms. The normalized spacial score (nSPS) is 19.9. The molecule has 0 aromatic carbocycles. The summed E-state index contributed by atoms with van der Waals surface area (Å²) >= 11 is 3.68. The fraction of sp³-hybridized carbons (Fsp3) is 0.600. The molecule has 108 valence electrons. The van der Waals surface area contributed by atoms with Crippen LogP contribution in [0.25, 0.3) is 5.65 Å². The Labute approximate surface area is 128 Å². The molecule has 3 rings (SSSR count). The van der Waals surface area contributed by atoms with Gasteiger partial charge in [0.25, 0.3) is 0 Å². The molecule has 1 aliphatic rings. The summed E-state index contributed by atoms with van der Waals surface area (Å²) in [6.45, 7) is 6.61. The van der Waals surface area contributed by atoms with Gasteiger partial charge in [-0.2, -0.15) is 5.10 Å². The highest BCUT2D eigenvalue weighted by molar-refractivity contribution is 9.10. The number of halogens is 1. The lowest BCUT2D eigenvalue weighted by Crippen LogP contribution is -2.29. The number of aromatic nitrogens is 3. The van der Waals surface area contributed by atoms with Gasteiger partial charge in [0.1, 0.15) is 0 Å². The number of hydrogen-bond acceptors (Lipinski definition) is 3. The van der Waals surface area contributed by atoms with Gasteiger partial charge in [0, 0.05) is 18.7 Å². The number of nitrogens with zero attached hydrogens (tertiary/aromatic N) is 3. The molecule has 2 aromatic rings. The van der Waals surface area contributed by atoms with Crippen LogP contribution in [-0.4, -0.2) is 27.7 Å². The third kappa shape index (κ3) is 2.61. The van der Waals surface area contributed by atoms with Crippen molar-refractivity contribution in [2.75, 3.05) is 13.1 Å². The van der Waals surface area contributed by atoms with Crippen LogP contribution in [0.15, 0.2) is 16.7 Å². The number of hydrogen-bond donors (Lipinski definition) is 1. The van der Waals surface area contributed by atoms with Crippen molar-refractivity contribution in [3.63, 3.8) is 0 Å². The van der Waals surface area contributed by atoms with Gasteiger partial charge in [-0.1, -0.05) is 13.8 Å². The van der Waals surface area contributed by atoms with Crippen LogP contribution < -0.4 is 5.32 Å². The zero-order valence-corrected chi connectivity index (χ0v) is 13.7. The van der Waals surface area contributed by atoms with Gasteiger partial charge in [-0.05, 0) is 53.7 Å². The van der Waals surface area contributed by atoms with Gasteiger partial charge >= 0.3 is 0 Å². The Kier molecular flexibility index (Phi) is 4.08. The molecule has 20 heavy (non-hydrogen) atoms. The fourth-order valence-corrected chi connectivity index (χ4v) is 3.42. The van der Waals surface area contributed by atoms with Crippen LogP contribution in [0.3, 0.4) is 0 Å². The predicted octanol–water partition coefficient (Wildman–Crippen LogP) is 3.16. The van der Waals surface area contributed by atoms with Gasteiger partial charge in [0.05, 0.1) is 15.9 Å². The Morgan fingerprint density at radius 2 is 2.35 bits per heavy atom. The first-order chi connectivity index (χ1) is 9.66. The second kappa shape index (κ2) is 5.82. The summed E-state index contributed by atoms with van der Waals surface area (Å²) in [5.74, 6) is 1.13. The van der Waals surface area contributed by atoms with Crippen LogP contribution in [0.5, 0.6) is 0 Å². The van der Waals surface area contributed by atoms with Crippen molar-refractivity contribution in [2.45, 2.75) is 39.0 Å². The first kappa shape index (κ1) is 14.0. The summed E-state index contributed by atoms with van der Waals surface area (Å²) in [5.41, 5.74) is 3.34.